The third-order valence-electron chi connectivity index (χ3n) is 4.53. The number of fused-ring (bicyclic) bond motifs is 1. The number of benzene rings is 1. The zero-order chi connectivity index (χ0) is 20.4. The van der Waals surface area contributed by atoms with Crippen LogP contribution in [-0.4, -0.2) is 30.3 Å². The maximum atomic E-state index is 12.5. The monoisotopic (exact) mass is 389 g/mol. The molecule has 4 aromatic rings. The van der Waals surface area contributed by atoms with Crippen LogP contribution in [0.3, 0.4) is 0 Å². The summed E-state index contributed by atoms with van der Waals surface area (Å²) in [5, 5.41) is 4.21. The van der Waals surface area contributed by atoms with Crippen LogP contribution in [0.1, 0.15) is 16.7 Å². The second kappa shape index (κ2) is 7.55. The van der Waals surface area contributed by atoms with Crippen molar-refractivity contribution in [3.63, 3.8) is 0 Å². The standard InChI is InChI=1S/C20H19N7O2/c1-13-5-7-14(8-6-13)12-27-16-17(26(2)20(29)24-18(16)28)23-19(27)25-22-11-15-4-3-9-21-10-15/h3-11H,12H2,1-2H3,(H,23,25)(H,24,28,29)/b22-11+. The fourth-order valence-corrected chi connectivity index (χ4v) is 2.97. The van der Waals surface area contributed by atoms with Gasteiger partial charge in [-0.2, -0.15) is 10.1 Å². The molecule has 29 heavy (non-hydrogen) atoms. The van der Waals surface area contributed by atoms with Crippen LogP contribution in [-0.2, 0) is 13.6 Å². The summed E-state index contributed by atoms with van der Waals surface area (Å²) in [6.07, 6.45) is 4.96. The topological polar surface area (TPSA) is 110 Å². The molecule has 9 heteroatoms. The van der Waals surface area contributed by atoms with Crippen molar-refractivity contribution in [2.45, 2.75) is 13.5 Å². The molecule has 0 aliphatic heterocycles. The maximum absolute atomic E-state index is 12.5. The van der Waals surface area contributed by atoms with Gasteiger partial charge >= 0.3 is 5.69 Å². The molecule has 1 aromatic carbocycles. The molecule has 0 radical (unpaired) electrons. The Balaban J connectivity index is 1.79. The van der Waals surface area contributed by atoms with Crippen LogP contribution in [0.25, 0.3) is 11.2 Å². The Kier molecular flexibility index (Phi) is 4.78. The smallest absolute Gasteiger partial charge is 0.298 e. The molecule has 0 unspecified atom stereocenters. The van der Waals surface area contributed by atoms with E-state index in [0.29, 0.717) is 18.0 Å². The molecule has 0 saturated heterocycles. The van der Waals surface area contributed by atoms with Crippen LogP contribution in [0.2, 0.25) is 0 Å². The highest BCUT2D eigenvalue weighted by molar-refractivity contribution is 5.80. The summed E-state index contributed by atoms with van der Waals surface area (Å²) in [7, 11) is 1.56. The minimum atomic E-state index is -0.520. The number of imidazole rings is 1. The first-order valence-electron chi connectivity index (χ1n) is 8.97. The first-order valence-corrected chi connectivity index (χ1v) is 8.97. The fourth-order valence-electron chi connectivity index (χ4n) is 2.97. The highest BCUT2D eigenvalue weighted by Crippen LogP contribution is 2.18. The van der Waals surface area contributed by atoms with Crippen molar-refractivity contribution in [2.75, 3.05) is 5.43 Å². The zero-order valence-corrected chi connectivity index (χ0v) is 16.0. The number of nitrogens with zero attached hydrogens (tertiary/aromatic N) is 5. The number of anilines is 1. The zero-order valence-electron chi connectivity index (χ0n) is 16.0. The number of hydrogen-bond donors (Lipinski definition) is 2. The molecule has 3 heterocycles. The molecule has 0 amide bonds. The van der Waals surface area contributed by atoms with Gasteiger partial charge in [0, 0.05) is 25.0 Å². The van der Waals surface area contributed by atoms with Crippen LogP contribution < -0.4 is 16.7 Å². The minimum Gasteiger partial charge on any atom is -0.298 e. The number of H-pyrrole nitrogens is 1. The Hall–Kier alpha value is -4.01. The lowest BCUT2D eigenvalue weighted by Crippen LogP contribution is -2.29. The van der Waals surface area contributed by atoms with Crippen molar-refractivity contribution in [3.05, 3.63) is 86.3 Å². The number of aromatic nitrogens is 5. The van der Waals surface area contributed by atoms with E-state index in [1.54, 1.807) is 30.2 Å². The van der Waals surface area contributed by atoms with Crippen molar-refractivity contribution in [1.82, 2.24) is 24.1 Å². The molecule has 2 N–H and O–H groups in total. The second-order valence-corrected chi connectivity index (χ2v) is 6.65. The van der Waals surface area contributed by atoms with E-state index in [-0.39, 0.29) is 5.65 Å². The molecule has 0 fully saturated rings. The van der Waals surface area contributed by atoms with Gasteiger partial charge in [-0.1, -0.05) is 35.9 Å². The van der Waals surface area contributed by atoms with E-state index >= 15 is 0 Å². The Morgan fingerprint density at radius 2 is 2.00 bits per heavy atom. The van der Waals surface area contributed by atoms with Crippen LogP contribution in [0.15, 0.2) is 63.5 Å². The summed E-state index contributed by atoms with van der Waals surface area (Å²) in [4.78, 5) is 35.3. The normalized spacial score (nSPS) is 11.4. The summed E-state index contributed by atoms with van der Waals surface area (Å²) in [6.45, 7) is 2.40. The van der Waals surface area contributed by atoms with Gasteiger partial charge in [0.05, 0.1) is 12.8 Å². The molecular weight excluding hydrogens is 370 g/mol. The molecule has 0 bridgehead atoms. The number of aryl methyl sites for hydroxylation is 2. The van der Waals surface area contributed by atoms with Crippen molar-refractivity contribution >= 4 is 23.3 Å². The largest absolute Gasteiger partial charge is 0.329 e. The predicted molar refractivity (Wildman–Crippen MR) is 111 cm³/mol. The Bertz CT molecular complexity index is 1300. The highest BCUT2D eigenvalue weighted by atomic mass is 16.2. The highest BCUT2D eigenvalue weighted by Gasteiger charge is 2.17. The summed E-state index contributed by atoms with van der Waals surface area (Å²) < 4.78 is 3.01. The number of aromatic amines is 1. The Morgan fingerprint density at radius 1 is 1.21 bits per heavy atom. The van der Waals surface area contributed by atoms with E-state index < -0.39 is 11.2 Å². The number of nitrogens with one attached hydrogen (secondary N) is 2. The average Bonchev–Trinajstić information content (AvgIpc) is 3.08. The van der Waals surface area contributed by atoms with E-state index in [2.05, 4.69) is 25.5 Å². The number of hydrogen-bond acceptors (Lipinski definition) is 6. The third-order valence-corrected chi connectivity index (χ3v) is 4.53. The van der Waals surface area contributed by atoms with Gasteiger partial charge < -0.3 is 0 Å². The lowest BCUT2D eigenvalue weighted by atomic mass is 10.1. The lowest BCUT2D eigenvalue weighted by Gasteiger charge is -2.08. The summed E-state index contributed by atoms with van der Waals surface area (Å²) in [5.41, 5.74) is 5.39. The van der Waals surface area contributed by atoms with Crippen molar-refractivity contribution < 1.29 is 0 Å². The van der Waals surface area contributed by atoms with Gasteiger partial charge in [0.1, 0.15) is 0 Å². The molecule has 3 aromatic heterocycles. The molecule has 4 rings (SSSR count). The quantitative estimate of drug-likeness (QED) is 0.398. The second-order valence-electron chi connectivity index (χ2n) is 6.65. The van der Waals surface area contributed by atoms with E-state index in [0.717, 1.165) is 16.7 Å². The average molecular weight is 389 g/mol. The molecular formula is C20H19N7O2. The summed E-state index contributed by atoms with van der Waals surface area (Å²) in [6, 6.07) is 11.6. The van der Waals surface area contributed by atoms with Crippen molar-refractivity contribution in [2.24, 2.45) is 12.1 Å². The van der Waals surface area contributed by atoms with Gasteiger partial charge in [-0.25, -0.2) is 10.2 Å². The summed E-state index contributed by atoms with van der Waals surface area (Å²) >= 11 is 0. The number of rotatable bonds is 5. The van der Waals surface area contributed by atoms with Crippen molar-refractivity contribution in [3.8, 4) is 0 Å². The Labute approximate surface area is 165 Å². The van der Waals surface area contributed by atoms with Crippen LogP contribution in [0.5, 0.6) is 0 Å². The van der Waals surface area contributed by atoms with Crippen LogP contribution >= 0.6 is 0 Å². The van der Waals surface area contributed by atoms with Gasteiger partial charge in [-0.05, 0) is 18.6 Å². The molecule has 0 saturated carbocycles. The Morgan fingerprint density at radius 3 is 2.72 bits per heavy atom. The SMILES string of the molecule is Cc1ccc(Cn2c(N/N=C/c3cccnc3)nc3c2c(=O)[nH]c(=O)n3C)cc1. The molecule has 146 valence electrons. The molecule has 0 atom stereocenters. The molecule has 0 spiro atoms. The van der Waals surface area contributed by atoms with Gasteiger partial charge in [-0.3, -0.25) is 23.9 Å². The van der Waals surface area contributed by atoms with Crippen LogP contribution in [0, 0.1) is 6.92 Å². The van der Waals surface area contributed by atoms with E-state index in [4.69, 9.17) is 0 Å². The van der Waals surface area contributed by atoms with E-state index in [1.807, 2.05) is 43.3 Å². The number of hydrazone groups is 1. The van der Waals surface area contributed by atoms with Gasteiger partial charge in [0.25, 0.3) is 5.56 Å². The minimum absolute atomic E-state index is 0.282. The van der Waals surface area contributed by atoms with Crippen LogP contribution in [0.4, 0.5) is 5.95 Å². The fraction of sp³-hybridized carbons (Fsp3) is 0.150. The first-order chi connectivity index (χ1) is 14.0. The van der Waals surface area contributed by atoms with Gasteiger partial charge in [0.2, 0.25) is 5.95 Å². The lowest BCUT2D eigenvalue weighted by molar-refractivity contribution is 0.808. The molecule has 0 aliphatic rings. The number of pyridine rings is 1. The van der Waals surface area contributed by atoms with E-state index in [9.17, 15) is 9.59 Å². The summed E-state index contributed by atoms with van der Waals surface area (Å²) in [5.74, 6) is 0.354. The van der Waals surface area contributed by atoms with Crippen molar-refractivity contribution in [1.29, 1.82) is 0 Å². The first kappa shape index (κ1) is 18.4. The van der Waals surface area contributed by atoms with Gasteiger partial charge in [0.15, 0.2) is 11.2 Å². The van der Waals surface area contributed by atoms with Gasteiger partial charge in [-0.15, -0.1) is 0 Å². The maximum Gasteiger partial charge on any atom is 0.329 e. The molecule has 9 nitrogen and oxygen atoms in total. The predicted octanol–water partition coefficient (Wildman–Crippen LogP) is 1.62. The van der Waals surface area contributed by atoms with E-state index in [1.165, 1.54) is 4.57 Å². The third kappa shape index (κ3) is 3.70. The molecule has 0 aliphatic carbocycles.